The number of likely N-dealkylation sites (tertiary alicyclic amines) is 1. The average molecular weight is 859 g/mol. The Morgan fingerprint density at radius 1 is 0.683 bits per heavy atom. The number of aliphatic hydroxyl groups is 2. The predicted octanol–water partition coefficient (Wildman–Crippen LogP) is 7.64. The number of nitrogens with one attached hydrogen (secondary N) is 1. The van der Waals surface area contributed by atoms with Crippen molar-refractivity contribution in [2.75, 3.05) is 13.1 Å². The lowest BCUT2D eigenvalue weighted by Crippen LogP contribution is -2.45. The molecule has 1 amide bonds. The first-order chi connectivity index (χ1) is 30.1. The number of amides is 1. The maximum Gasteiger partial charge on any atom is 0.336 e. The molecule has 15 heteroatoms. The maximum atomic E-state index is 13.6. The van der Waals surface area contributed by atoms with E-state index in [9.17, 15) is 19.8 Å². The molecule has 0 radical (unpaired) electrons. The first-order valence-electron chi connectivity index (χ1n) is 21.5. The molecule has 0 spiro atoms. The van der Waals surface area contributed by atoms with Crippen molar-refractivity contribution in [3.05, 3.63) is 131 Å². The van der Waals surface area contributed by atoms with Crippen molar-refractivity contribution in [3.63, 3.8) is 0 Å². The summed E-state index contributed by atoms with van der Waals surface area (Å²) >= 11 is 0. The third-order valence-corrected chi connectivity index (χ3v) is 10.9. The molecule has 0 unspecified atom stereocenters. The fraction of sp³-hybridized carbons (Fsp3) is 0.417. The highest BCUT2D eigenvalue weighted by atomic mass is 16.4. The molecule has 0 bridgehead atoms. The SMILES string of the molecule is Cc1oc(C[C@H]2CCCCN2)nc1C(C)(C)O.Cc1oc(C[C@H]2CCCCN2C(=O)c2ccccc2-c2ncccn2)nc1C(C)(C)O.O=C(O)c1ccccc1-c1ncccn1. The normalized spacial score (nSPS) is 16.6. The van der Waals surface area contributed by atoms with Gasteiger partial charge in [0.15, 0.2) is 23.4 Å². The van der Waals surface area contributed by atoms with E-state index in [1.165, 1.54) is 25.3 Å². The van der Waals surface area contributed by atoms with Gasteiger partial charge in [-0.15, -0.1) is 0 Å². The zero-order valence-electron chi connectivity index (χ0n) is 36.9. The van der Waals surface area contributed by atoms with Crippen molar-refractivity contribution in [2.45, 2.75) is 116 Å². The average Bonchev–Trinajstić information content (AvgIpc) is 3.86. The summed E-state index contributed by atoms with van der Waals surface area (Å²) in [5.41, 5.74) is 1.28. The third-order valence-electron chi connectivity index (χ3n) is 10.9. The van der Waals surface area contributed by atoms with Crippen LogP contribution in [-0.4, -0.2) is 87.2 Å². The van der Waals surface area contributed by atoms with E-state index in [0.29, 0.717) is 64.8 Å². The lowest BCUT2D eigenvalue weighted by atomic mass is 9.96. The van der Waals surface area contributed by atoms with Crippen LogP contribution in [0.3, 0.4) is 0 Å². The summed E-state index contributed by atoms with van der Waals surface area (Å²) in [6.45, 7) is 12.3. The topological polar surface area (TPSA) is 214 Å². The smallest absolute Gasteiger partial charge is 0.336 e. The summed E-state index contributed by atoms with van der Waals surface area (Å²) < 4.78 is 11.5. The van der Waals surface area contributed by atoms with Gasteiger partial charge < -0.3 is 34.4 Å². The van der Waals surface area contributed by atoms with Gasteiger partial charge in [0.2, 0.25) is 0 Å². The Morgan fingerprint density at radius 3 is 1.67 bits per heavy atom. The minimum Gasteiger partial charge on any atom is -0.478 e. The number of carbonyl (C=O) groups excluding carboxylic acids is 1. The molecular formula is C48H58N8O7. The fourth-order valence-electron chi connectivity index (χ4n) is 7.96. The number of nitrogens with zero attached hydrogens (tertiary/aromatic N) is 7. The molecular weight excluding hydrogens is 801 g/mol. The Kier molecular flexibility index (Phi) is 15.3. The number of carboxylic acid groups (broad SMARTS) is 1. The maximum absolute atomic E-state index is 13.6. The van der Waals surface area contributed by atoms with E-state index in [1.807, 2.05) is 43.0 Å². The van der Waals surface area contributed by atoms with Crippen molar-refractivity contribution in [1.29, 1.82) is 0 Å². The summed E-state index contributed by atoms with van der Waals surface area (Å²) in [7, 11) is 0. The standard InChI is InChI=1S/C24H28N4O3.C13H22N2O2.C11H8N2O2/c1-16-21(24(2,3)30)27-20(31-16)15-17-9-6-7-14-28(17)23(29)19-11-5-4-10-18(19)22-25-12-8-13-26-22;1-9-12(13(2,3)16)15-11(17-9)8-10-6-4-5-7-14-10;14-11(15)9-5-2-1-4-8(9)10-12-6-3-7-13-10/h4-5,8,10-13,17,30H,6-7,9,14-15H2,1-3H3;10,14,16H,4-8H2,1-3H3;1-7H,(H,14,15)/t17-;10-;/m11./s1. The second-order valence-electron chi connectivity index (χ2n) is 16.9. The van der Waals surface area contributed by atoms with Gasteiger partial charge >= 0.3 is 5.97 Å². The summed E-state index contributed by atoms with van der Waals surface area (Å²) in [6, 6.07) is 18.0. The van der Waals surface area contributed by atoms with Crippen molar-refractivity contribution >= 4 is 11.9 Å². The molecule has 6 heterocycles. The highest BCUT2D eigenvalue weighted by molar-refractivity contribution is 6.00. The van der Waals surface area contributed by atoms with E-state index in [-0.39, 0.29) is 17.5 Å². The van der Waals surface area contributed by atoms with E-state index in [0.717, 1.165) is 49.4 Å². The molecule has 2 atom stereocenters. The quantitative estimate of drug-likeness (QED) is 0.104. The van der Waals surface area contributed by atoms with E-state index < -0.39 is 17.2 Å². The zero-order chi connectivity index (χ0) is 45.1. The summed E-state index contributed by atoms with van der Waals surface area (Å²) in [5, 5.41) is 32.7. The van der Waals surface area contributed by atoms with Gasteiger partial charge in [-0.3, -0.25) is 4.79 Å². The van der Waals surface area contributed by atoms with Crippen molar-refractivity contribution in [3.8, 4) is 22.8 Å². The lowest BCUT2D eigenvalue weighted by Gasteiger charge is -2.35. The number of piperidine rings is 2. The Morgan fingerprint density at radius 2 is 1.17 bits per heavy atom. The summed E-state index contributed by atoms with van der Waals surface area (Å²) in [4.78, 5) is 52.1. The summed E-state index contributed by atoms with van der Waals surface area (Å²) in [6.07, 6.45) is 14.5. The highest BCUT2D eigenvalue weighted by Gasteiger charge is 2.32. The molecule has 6 aromatic rings. The van der Waals surface area contributed by atoms with Crippen molar-refractivity contribution in [1.82, 2.24) is 40.1 Å². The Labute approximate surface area is 368 Å². The second kappa shape index (κ2) is 20.8. The largest absolute Gasteiger partial charge is 0.478 e. The minimum atomic E-state index is -1.07. The van der Waals surface area contributed by atoms with Gasteiger partial charge in [-0.25, -0.2) is 34.7 Å². The summed E-state index contributed by atoms with van der Waals surface area (Å²) in [5.74, 6) is 2.59. The Bertz CT molecular complexity index is 2420. The molecule has 2 aromatic carbocycles. The number of hydrogen-bond acceptors (Lipinski definition) is 13. The van der Waals surface area contributed by atoms with Crippen molar-refractivity contribution < 1.29 is 33.7 Å². The van der Waals surface area contributed by atoms with E-state index >= 15 is 0 Å². The van der Waals surface area contributed by atoms with Crippen LogP contribution in [0.25, 0.3) is 22.8 Å². The van der Waals surface area contributed by atoms with E-state index in [1.54, 1.807) is 82.8 Å². The number of oxazole rings is 2. The zero-order valence-corrected chi connectivity index (χ0v) is 36.9. The molecule has 15 nitrogen and oxygen atoms in total. The van der Waals surface area contributed by atoms with Crippen LogP contribution in [0.1, 0.15) is 122 Å². The predicted molar refractivity (Wildman–Crippen MR) is 237 cm³/mol. The van der Waals surface area contributed by atoms with Gasteiger partial charge in [-0.1, -0.05) is 42.8 Å². The molecule has 2 aliphatic heterocycles. The van der Waals surface area contributed by atoms with Crippen molar-refractivity contribution in [2.24, 2.45) is 0 Å². The van der Waals surface area contributed by atoms with Gasteiger partial charge in [0, 0.05) is 67.4 Å². The molecule has 0 aliphatic carbocycles. The molecule has 2 aliphatic rings. The molecule has 2 fully saturated rings. The fourth-order valence-corrected chi connectivity index (χ4v) is 7.96. The van der Waals surface area contributed by atoms with Gasteiger partial charge in [0.25, 0.3) is 5.91 Å². The molecule has 63 heavy (non-hydrogen) atoms. The van der Waals surface area contributed by atoms with Crippen LogP contribution in [-0.2, 0) is 24.0 Å². The van der Waals surface area contributed by atoms with Crippen LogP contribution in [0.2, 0.25) is 0 Å². The van der Waals surface area contributed by atoms with Gasteiger partial charge in [-0.05, 0) is 104 Å². The molecule has 332 valence electrons. The number of benzene rings is 2. The van der Waals surface area contributed by atoms with Gasteiger partial charge in [0.05, 0.1) is 11.1 Å². The van der Waals surface area contributed by atoms with E-state index in [4.69, 9.17) is 13.9 Å². The van der Waals surface area contributed by atoms with Crippen LogP contribution < -0.4 is 5.32 Å². The number of carboxylic acids is 1. The number of hydrogen-bond donors (Lipinski definition) is 4. The van der Waals surface area contributed by atoms with Crippen LogP contribution in [0.15, 0.2) is 94.3 Å². The number of aromatic nitrogens is 6. The molecule has 4 N–H and O–H groups in total. The first kappa shape index (κ1) is 46.3. The second-order valence-corrected chi connectivity index (χ2v) is 16.9. The number of carbonyl (C=O) groups is 2. The molecule has 2 saturated heterocycles. The van der Waals surface area contributed by atoms with Gasteiger partial charge in [0.1, 0.15) is 34.1 Å². The molecule has 4 aromatic heterocycles. The Balaban J connectivity index is 0.000000174. The number of rotatable bonds is 10. The monoisotopic (exact) mass is 858 g/mol. The van der Waals surface area contributed by atoms with Crippen LogP contribution in [0.5, 0.6) is 0 Å². The van der Waals surface area contributed by atoms with Crippen LogP contribution in [0.4, 0.5) is 0 Å². The Hall–Kier alpha value is -6.16. The molecule has 0 saturated carbocycles. The number of aromatic carboxylic acids is 1. The third kappa shape index (κ3) is 12.3. The van der Waals surface area contributed by atoms with Gasteiger partial charge in [-0.2, -0.15) is 0 Å². The number of aryl methyl sites for hydroxylation is 2. The lowest BCUT2D eigenvalue weighted by molar-refractivity contribution is 0.0603. The highest BCUT2D eigenvalue weighted by Crippen LogP contribution is 2.30. The van der Waals surface area contributed by atoms with Crippen LogP contribution >= 0.6 is 0 Å². The minimum absolute atomic E-state index is 0.0151. The molecule has 8 rings (SSSR count). The van der Waals surface area contributed by atoms with Crippen LogP contribution in [0, 0.1) is 13.8 Å². The van der Waals surface area contributed by atoms with E-state index in [2.05, 4.69) is 35.2 Å². The first-order valence-corrected chi connectivity index (χ1v) is 21.5.